The van der Waals surface area contributed by atoms with Crippen LogP contribution in [0.15, 0.2) is 41.7 Å². The lowest BCUT2D eigenvalue weighted by Crippen LogP contribution is -2.55. The summed E-state index contributed by atoms with van der Waals surface area (Å²) in [5.74, 6) is -0.303. The van der Waals surface area contributed by atoms with E-state index in [0.29, 0.717) is 37.4 Å². The van der Waals surface area contributed by atoms with Crippen LogP contribution in [0.2, 0.25) is 5.02 Å². The van der Waals surface area contributed by atoms with Gasteiger partial charge >= 0.3 is 6.03 Å². The monoisotopic (exact) mass is 439 g/mol. The normalized spacial score (nSPS) is 17.0. The number of rotatable bonds is 6. The standard InChI is InChI=1S/C18H22ClN5O4S/c19-13-4-6-15(7-5-13)29(27,28)23-18(26)24-10-2-1-3-16(24)17(25)21-9-8-14-11-20-12-22-14/h4-7,11-12,16H,1-3,8-10H2,(H,20,22)(H,21,25)(H,23,26)/t16-/m0/s1. The number of urea groups is 1. The average molecular weight is 440 g/mol. The van der Waals surface area contributed by atoms with E-state index in [-0.39, 0.29) is 10.8 Å². The summed E-state index contributed by atoms with van der Waals surface area (Å²) in [6, 6.07) is 3.95. The van der Waals surface area contributed by atoms with Crippen LogP contribution in [0.25, 0.3) is 0 Å². The van der Waals surface area contributed by atoms with Gasteiger partial charge in [0.05, 0.1) is 11.2 Å². The fraction of sp³-hybridized carbons (Fsp3) is 0.389. The number of likely N-dealkylation sites (tertiary alicyclic amines) is 1. The molecule has 1 fully saturated rings. The Labute approximate surface area is 173 Å². The van der Waals surface area contributed by atoms with Crippen LogP contribution in [0.1, 0.15) is 25.0 Å². The number of hydrogen-bond donors (Lipinski definition) is 3. The van der Waals surface area contributed by atoms with E-state index in [1.807, 2.05) is 4.72 Å². The van der Waals surface area contributed by atoms with Gasteiger partial charge in [0.25, 0.3) is 10.0 Å². The van der Waals surface area contributed by atoms with Gasteiger partial charge in [-0.25, -0.2) is 22.9 Å². The molecule has 2 heterocycles. The van der Waals surface area contributed by atoms with E-state index in [0.717, 1.165) is 12.1 Å². The zero-order chi connectivity index (χ0) is 20.9. The first-order valence-corrected chi connectivity index (χ1v) is 11.1. The molecule has 0 unspecified atom stereocenters. The lowest BCUT2D eigenvalue weighted by molar-refractivity contribution is -0.126. The van der Waals surface area contributed by atoms with Crippen LogP contribution in [0.3, 0.4) is 0 Å². The van der Waals surface area contributed by atoms with Crippen molar-refractivity contribution in [3.05, 3.63) is 47.5 Å². The molecule has 1 atom stereocenters. The van der Waals surface area contributed by atoms with E-state index in [1.165, 1.54) is 29.2 Å². The summed E-state index contributed by atoms with van der Waals surface area (Å²) in [4.78, 5) is 33.3. The molecule has 156 valence electrons. The van der Waals surface area contributed by atoms with Crippen LogP contribution in [0.4, 0.5) is 4.79 Å². The summed E-state index contributed by atoms with van der Waals surface area (Å²) in [5, 5.41) is 3.19. The van der Waals surface area contributed by atoms with Crippen molar-refractivity contribution in [2.75, 3.05) is 13.1 Å². The van der Waals surface area contributed by atoms with Gasteiger partial charge in [-0.2, -0.15) is 0 Å². The fourth-order valence-corrected chi connectivity index (χ4v) is 4.24. The average Bonchev–Trinajstić information content (AvgIpc) is 3.21. The maximum absolute atomic E-state index is 12.6. The van der Waals surface area contributed by atoms with Crippen LogP contribution in [-0.4, -0.2) is 54.4 Å². The highest BCUT2D eigenvalue weighted by atomic mass is 35.5. The van der Waals surface area contributed by atoms with E-state index >= 15 is 0 Å². The van der Waals surface area contributed by atoms with Crippen LogP contribution < -0.4 is 10.0 Å². The predicted molar refractivity (Wildman–Crippen MR) is 107 cm³/mol. The van der Waals surface area contributed by atoms with Crippen LogP contribution >= 0.6 is 11.6 Å². The second-order valence-electron chi connectivity index (χ2n) is 6.69. The number of benzene rings is 1. The number of hydrogen-bond acceptors (Lipinski definition) is 5. The quantitative estimate of drug-likeness (QED) is 0.631. The van der Waals surface area contributed by atoms with Gasteiger partial charge in [-0.1, -0.05) is 11.6 Å². The van der Waals surface area contributed by atoms with Crippen molar-refractivity contribution in [1.29, 1.82) is 0 Å². The molecule has 3 N–H and O–H groups in total. The first kappa shape index (κ1) is 21.1. The second-order valence-corrected chi connectivity index (χ2v) is 8.81. The van der Waals surface area contributed by atoms with Gasteiger partial charge in [-0.05, 0) is 43.5 Å². The summed E-state index contributed by atoms with van der Waals surface area (Å²) < 4.78 is 27.0. The van der Waals surface area contributed by atoms with Gasteiger partial charge in [0.15, 0.2) is 0 Å². The van der Waals surface area contributed by atoms with Gasteiger partial charge in [0.1, 0.15) is 6.04 Å². The molecular weight excluding hydrogens is 418 g/mol. The fourth-order valence-electron chi connectivity index (χ4n) is 3.15. The SMILES string of the molecule is O=C(NCCc1cnc[nH]1)[C@@H]1CCCCN1C(=O)NS(=O)(=O)c1ccc(Cl)cc1. The molecule has 0 spiro atoms. The van der Waals surface area contributed by atoms with Crippen molar-refractivity contribution in [2.24, 2.45) is 0 Å². The molecule has 1 saturated heterocycles. The number of nitrogens with one attached hydrogen (secondary N) is 3. The summed E-state index contributed by atoms with van der Waals surface area (Å²) in [6.45, 7) is 0.691. The Bertz CT molecular complexity index is 947. The maximum atomic E-state index is 12.6. The van der Waals surface area contributed by atoms with E-state index < -0.39 is 22.1 Å². The Morgan fingerprint density at radius 1 is 1.24 bits per heavy atom. The Morgan fingerprint density at radius 3 is 2.69 bits per heavy atom. The van der Waals surface area contributed by atoms with E-state index in [9.17, 15) is 18.0 Å². The number of imidazole rings is 1. The Balaban J connectivity index is 1.62. The number of piperidine rings is 1. The predicted octanol–water partition coefficient (Wildman–Crippen LogP) is 1.67. The lowest BCUT2D eigenvalue weighted by atomic mass is 10.0. The first-order valence-electron chi connectivity index (χ1n) is 9.21. The van der Waals surface area contributed by atoms with Gasteiger partial charge in [0, 0.05) is 36.4 Å². The Kier molecular flexibility index (Phi) is 6.75. The third-order valence-corrected chi connectivity index (χ3v) is 6.25. The molecule has 3 amide bonds. The molecule has 3 rings (SSSR count). The third-order valence-electron chi connectivity index (χ3n) is 4.66. The van der Waals surface area contributed by atoms with Crippen LogP contribution in [-0.2, 0) is 21.2 Å². The van der Waals surface area contributed by atoms with Crippen molar-refractivity contribution >= 4 is 33.6 Å². The number of halogens is 1. The minimum atomic E-state index is -4.06. The van der Waals surface area contributed by atoms with Crippen LogP contribution in [0, 0.1) is 0 Å². The molecule has 0 bridgehead atoms. The molecule has 1 aromatic carbocycles. The zero-order valence-corrected chi connectivity index (χ0v) is 17.2. The third kappa shape index (κ3) is 5.48. The molecule has 1 aromatic heterocycles. The molecule has 29 heavy (non-hydrogen) atoms. The van der Waals surface area contributed by atoms with Crippen molar-refractivity contribution in [1.82, 2.24) is 24.9 Å². The number of nitrogens with zero attached hydrogens (tertiary/aromatic N) is 2. The Morgan fingerprint density at radius 2 is 2.00 bits per heavy atom. The summed E-state index contributed by atoms with van der Waals surface area (Å²) in [7, 11) is -4.06. The molecule has 9 nitrogen and oxygen atoms in total. The van der Waals surface area contributed by atoms with Crippen molar-refractivity contribution < 1.29 is 18.0 Å². The molecule has 2 aromatic rings. The summed E-state index contributed by atoms with van der Waals surface area (Å²) in [6.07, 6.45) is 5.78. The first-order chi connectivity index (χ1) is 13.9. The molecule has 1 aliphatic rings. The molecule has 0 aliphatic carbocycles. The molecule has 1 aliphatic heterocycles. The molecule has 11 heteroatoms. The number of sulfonamides is 1. The minimum Gasteiger partial charge on any atom is -0.354 e. The van der Waals surface area contributed by atoms with E-state index in [2.05, 4.69) is 15.3 Å². The number of aromatic nitrogens is 2. The number of aromatic amines is 1. The maximum Gasteiger partial charge on any atom is 0.331 e. The second kappa shape index (κ2) is 9.27. The summed E-state index contributed by atoms with van der Waals surface area (Å²) in [5.41, 5.74) is 0.887. The van der Waals surface area contributed by atoms with E-state index in [1.54, 1.807) is 12.5 Å². The van der Waals surface area contributed by atoms with Crippen molar-refractivity contribution in [3.63, 3.8) is 0 Å². The molecule has 0 radical (unpaired) electrons. The number of amides is 3. The highest BCUT2D eigenvalue weighted by Gasteiger charge is 2.33. The highest BCUT2D eigenvalue weighted by molar-refractivity contribution is 7.90. The topological polar surface area (TPSA) is 124 Å². The smallest absolute Gasteiger partial charge is 0.331 e. The minimum absolute atomic E-state index is 0.0761. The van der Waals surface area contributed by atoms with Gasteiger partial charge in [-0.15, -0.1) is 0 Å². The molecule has 0 saturated carbocycles. The largest absolute Gasteiger partial charge is 0.354 e. The number of carbonyl (C=O) groups is 2. The number of H-pyrrole nitrogens is 1. The highest BCUT2D eigenvalue weighted by Crippen LogP contribution is 2.19. The van der Waals surface area contributed by atoms with Crippen molar-refractivity contribution in [2.45, 2.75) is 36.6 Å². The van der Waals surface area contributed by atoms with Crippen molar-refractivity contribution in [3.8, 4) is 0 Å². The van der Waals surface area contributed by atoms with E-state index in [4.69, 9.17) is 11.6 Å². The van der Waals surface area contributed by atoms with Gasteiger partial charge < -0.3 is 15.2 Å². The van der Waals surface area contributed by atoms with Gasteiger partial charge in [-0.3, -0.25) is 4.79 Å². The lowest BCUT2D eigenvalue weighted by Gasteiger charge is -2.34. The summed E-state index contributed by atoms with van der Waals surface area (Å²) >= 11 is 5.78. The molecular formula is C18H22ClN5O4S. The Hall–Kier alpha value is -2.59. The van der Waals surface area contributed by atoms with Gasteiger partial charge in [0.2, 0.25) is 5.91 Å². The zero-order valence-electron chi connectivity index (χ0n) is 15.6. The number of carbonyl (C=O) groups excluding carboxylic acids is 2. The van der Waals surface area contributed by atoms with Crippen LogP contribution in [0.5, 0.6) is 0 Å².